The van der Waals surface area contributed by atoms with Gasteiger partial charge in [0.2, 0.25) is 5.28 Å². The molecule has 3 nitrogen and oxygen atoms in total. The second-order valence-electron chi connectivity index (χ2n) is 4.73. The van der Waals surface area contributed by atoms with Gasteiger partial charge in [0, 0.05) is 12.6 Å². The van der Waals surface area contributed by atoms with Crippen LogP contribution in [0.2, 0.25) is 5.28 Å². The van der Waals surface area contributed by atoms with E-state index in [2.05, 4.69) is 33.2 Å². The molecular formula is C13H16ClN3S. The molecule has 0 aromatic carbocycles. The molecule has 1 aliphatic carbocycles. The van der Waals surface area contributed by atoms with Gasteiger partial charge in [-0.15, -0.1) is 11.3 Å². The van der Waals surface area contributed by atoms with Crippen LogP contribution in [0.4, 0.5) is 5.82 Å². The van der Waals surface area contributed by atoms with Gasteiger partial charge in [0.1, 0.15) is 10.6 Å². The maximum atomic E-state index is 6.04. The zero-order valence-corrected chi connectivity index (χ0v) is 12.0. The van der Waals surface area contributed by atoms with Crippen LogP contribution in [0.1, 0.15) is 32.6 Å². The fourth-order valence-corrected chi connectivity index (χ4v) is 3.18. The van der Waals surface area contributed by atoms with E-state index >= 15 is 0 Å². The number of anilines is 1. The number of thiophene rings is 1. The molecule has 0 saturated heterocycles. The van der Waals surface area contributed by atoms with Crippen molar-refractivity contribution in [1.82, 2.24) is 9.97 Å². The second-order valence-corrected chi connectivity index (χ2v) is 5.97. The molecule has 2 aromatic heterocycles. The molecule has 2 aromatic rings. The lowest BCUT2D eigenvalue weighted by atomic mass is 10.3. The molecule has 2 heterocycles. The van der Waals surface area contributed by atoms with Gasteiger partial charge in [0.05, 0.1) is 5.39 Å². The first-order chi connectivity index (χ1) is 8.79. The lowest BCUT2D eigenvalue weighted by molar-refractivity contribution is 0.706. The van der Waals surface area contributed by atoms with Gasteiger partial charge in [-0.1, -0.05) is 13.3 Å². The van der Waals surface area contributed by atoms with E-state index in [-0.39, 0.29) is 0 Å². The summed E-state index contributed by atoms with van der Waals surface area (Å²) in [6, 6.07) is 2.76. The molecule has 0 bridgehead atoms. The quantitative estimate of drug-likeness (QED) is 0.772. The lowest BCUT2D eigenvalue weighted by Gasteiger charge is -2.24. The van der Waals surface area contributed by atoms with Crippen LogP contribution in [0.3, 0.4) is 0 Å². The van der Waals surface area contributed by atoms with E-state index in [0.29, 0.717) is 11.3 Å². The molecule has 0 spiro atoms. The Kier molecular flexibility index (Phi) is 3.39. The van der Waals surface area contributed by atoms with E-state index in [0.717, 1.165) is 22.6 Å². The third-order valence-corrected chi connectivity index (χ3v) is 4.27. The summed E-state index contributed by atoms with van der Waals surface area (Å²) in [5.41, 5.74) is 0. The molecule has 0 radical (unpaired) electrons. The Hall–Kier alpha value is -0.870. The Morgan fingerprint density at radius 1 is 1.44 bits per heavy atom. The first kappa shape index (κ1) is 12.2. The normalized spacial score (nSPS) is 15.2. The average molecular weight is 282 g/mol. The molecule has 18 heavy (non-hydrogen) atoms. The monoisotopic (exact) mass is 281 g/mol. The number of aromatic nitrogens is 2. The minimum atomic E-state index is 0.363. The fourth-order valence-electron chi connectivity index (χ4n) is 2.21. The standard InChI is InChI=1S/C13H16ClN3S/c1-2-3-7-17(9-4-5-9)11-10-6-8-18-12(10)16-13(14)15-11/h6,8-9H,2-5,7H2,1H3. The third-order valence-electron chi connectivity index (χ3n) is 3.29. The first-order valence-electron chi connectivity index (χ1n) is 6.47. The van der Waals surface area contributed by atoms with Gasteiger partial charge in [0.15, 0.2) is 0 Å². The predicted molar refractivity (Wildman–Crippen MR) is 77.7 cm³/mol. The van der Waals surface area contributed by atoms with Crippen LogP contribution in [0, 0.1) is 0 Å². The fraction of sp³-hybridized carbons (Fsp3) is 0.538. The van der Waals surface area contributed by atoms with E-state index in [4.69, 9.17) is 11.6 Å². The Balaban J connectivity index is 2.01. The van der Waals surface area contributed by atoms with E-state index in [1.807, 2.05) is 0 Å². The second kappa shape index (κ2) is 5.02. The van der Waals surface area contributed by atoms with Crippen molar-refractivity contribution in [3.63, 3.8) is 0 Å². The molecule has 3 rings (SSSR count). The predicted octanol–water partition coefficient (Wildman–Crippen LogP) is 4.11. The third kappa shape index (κ3) is 2.31. The van der Waals surface area contributed by atoms with Gasteiger partial charge in [-0.25, -0.2) is 4.98 Å². The number of halogens is 1. The number of fused-ring (bicyclic) bond motifs is 1. The van der Waals surface area contributed by atoms with E-state index < -0.39 is 0 Å². The molecule has 1 saturated carbocycles. The minimum absolute atomic E-state index is 0.363. The molecule has 5 heteroatoms. The summed E-state index contributed by atoms with van der Waals surface area (Å²) < 4.78 is 0. The molecule has 0 aliphatic heterocycles. The number of rotatable bonds is 5. The Bertz CT molecular complexity index is 550. The Morgan fingerprint density at radius 2 is 2.28 bits per heavy atom. The number of nitrogens with zero attached hydrogens (tertiary/aromatic N) is 3. The Labute approximate surface area is 116 Å². The highest BCUT2D eigenvalue weighted by molar-refractivity contribution is 7.16. The number of hydrogen-bond acceptors (Lipinski definition) is 4. The smallest absolute Gasteiger partial charge is 0.225 e. The van der Waals surface area contributed by atoms with Crippen LogP contribution in [-0.2, 0) is 0 Å². The van der Waals surface area contributed by atoms with Crippen molar-refractivity contribution in [2.75, 3.05) is 11.4 Å². The zero-order valence-electron chi connectivity index (χ0n) is 10.4. The van der Waals surface area contributed by atoms with Crippen LogP contribution >= 0.6 is 22.9 Å². The maximum absolute atomic E-state index is 6.04. The zero-order chi connectivity index (χ0) is 12.5. The summed E-state index contributed by atoms with van der Waals surface area (Å²) in [7, 11) is 0. The molecule has 1 fully saturated rings. The van der Waals surface area contributed by atoms with Crippen LogP contribution in [0.5, 0.6) is 0 Å². The minimum Gasteiger partial charge on any atom is -0.353 e. The summed E-state index contributed by atoms with van der Waals surface area (Å²) in [6.07, 6.45) is 4.95. The first-order valence-corrected chi connectivity index (χ1v) is 7.72. The highest BCUT2D eigenvalue weighted by Crippen LogP contribution is 2.36. The average Bonchev–Trinajstić information content (AvgIpc) is 3.08. The topological polar surface area (TPSA) is 29.0 Å². The molecule has 0 N–H and O–H groups in total. The summed E-state index contributed by atoms with van der Waals surface area (Å²) in [6.45, 7) is 3.29. The Morgan fingerprint density at radius 3 is 3.00 bits per heavy atom. The highest BCUT2D eigenvalue weighted by atomic mass is 35.5. The van der Waals surface area contributed by atoms with Gasteiger partial charge in [-0.2, -0.15) is 4.98 Å². The van der Waals surface area contributed by atoms with Crippen molar-refractivity contribution in [1.29, 1.82) is 0 Å². The molecule has 0 amide bonds. The SMILES string of the molecule is CCCCN(c1nc(Cl)nc2sccc12)C1CC1. The summed E-state index contributed by atoms with van der Waals surface area (Å²) in [5.74, 6) is 1.03. The van der Waals surface area contributed by atoms with Gasteiger partial charge in [-0.05, 0) is 42.3 Å². The summed E-state index contributed by atoms with van der Waals surface area (Å²) >= 11 is 7.67. The summed E-state index contributed by atoms with van der Waals surface area (Å²) in [4.78, 5) is 12.2. The van der Waals surface area contributed by atoms with Gasteiger partial charge >= 0.3 is 0 Å². The van der Waals surface area contributed by atoms with E-state index in [1.54, 1.807) is 11.3 Å². The van der Waals surface area contributed by atoms with Crippen LogP contribution < -0.4 is 4.90 Å². The molecule has 0 atom stereocenters. The molecule has 96 valence electrons. The van der Waals surface area contributed by atoms with Crippen LogP contribution in [0.15, 0.2) is 11.4 Å². The highest BCUT2D eigenvalue weighted by Gasteiger charge is 2.31. The molecule has 1 aliphatic rings. The van der Waals surface area contributed by atoms with Crippen LogP contribution in [-0.4, -0.2) is 22.6 Å². The largest absolute Gasteiger partial charge is 0.353 e. The number of hydrogen-bond donors (Lipinski definition) is 0. The van der Waals surface area contributed by atoms with E-state index in [9.17, 15) is 0 Å². The van der Waals surface area contributed by atoms with Crippen molar-refractivity contribution in [3.8, 4) is 0 Å². The van der Waals surface area contributed by atoms with Gasteiger partial charge < -0.3 is 4.90 Å². The molecular weight excluding hydrogens is 266 g/mol. The lowest BCUT2D eigenvalue weighted by Crippen LogP contribution is -2.28. The maximum Gasteiger partial charge on any atom is 0.225 e. The van der Waals surface area contributed by atoms with E-state index in [1.165, 1.54) is 25.7 Å². The van der Waals surface area contributed by atoms with Crippen molar-refractivity contribution >= 4 is 39.0 Å². The van der Waals surface area contributed by atoms with Crippen molar-refractivity contribution < 1.29 is 0 Å². The molecule has 0 unspecified atom stereocenters. The van der Waals surface area contributed by atoms with Crippen molar-refractivity contribution in [2.24, 2.45) is 0 Å². The van der Waals surface area contributed by atoms with Crippen molar-refractivity contribution in [2.45, 2.75) is 38.6 Å². The number of unbranched alkanes of at least 4 members (excludes halogenated alkanes) is 1. The summed E-state index contributed by atoms with van der Waals surface area (Å²) in [5, 5.41) is 3.57. The van der Waals surface area contributed by atoms with Gasteiger partial charge in [-0.3, -0.25) is 0 Å². The van der Waals surface area contributed by atoms with Gasteiger partial charge in [0.25, 0.3) is 0 Å². The van der Waals surface area contributed by atoms with Crippen molar-refractivity contribution in [3.05, 3.63) is 16.7 Å². The van der Waals surface area contributed by atoms with Crippen LogP contribution in [0.25, 0.3) is 10.2 Å².